The number of fused-ring (bicyclic) bond motifs is 11. The van der Waals surface area contributed by atoms with E-state index in [1.54, 1.807) is 0 Å². The summed E-state index contributed by atoms with van der Waals surface area (Å²) in [6, 6.07) is 85.2. The third-order valence-corrected chi connectivity index (χ3v) is 13.9. The van der Waals surface area contributed by atoms with Crippen LogP contribution in [0.25, 0.3) is 132 Å². The Balaban J connectivity index is 0.838. The summed E-state index contributed by atoms with van der Waals surface area (Å²) >= 11 is 0. The summed E-state index contributed by atoms with van der Waals surface area (Å²) < 4.78 is 4.88. The van der Waals surface area contributed by atoms with Crippen molar-refractivity contribution in [1.82, 2.24) is 9.13 Å². The minimum atomic E-state index is 1.14. The minimum absolute atomic E-state index is 1.14. The van der Waals surface area contributed by atoms with Crippen LogP contribution in [-0.4, -0.2) is 9.13 Å². The second kappa shape index (κ2) is 13.5. The van der Waals surface area contributed by atoms with Crippen molar-refractivity contribution >= 4 is 65.2 Å². The van der Waals surface area contributed by atoms with Crippen molar-refractivity contribution in [1.29, 1.82) is 0 Å². The molecule has 0 bridgehead atoms. The molecule has 2 nitrogen and oxygen atoms in total. The number of benzene rings is 11. The molecular weight excluding hydrogens is 773 g/mol. The summed E-state index contributed by atoms with van der Waals surface area (Å²) in [6.45, 7) is 0. The first-order valence-electron chi connectivity index (χ1n) is 22.2. The van der Waals surface area contributed by atoms with Crippen molar-refractivity contribution < 1.29 is 0 Å². The van der Waals surface area contributed by atoms with Crippen LogP contribution < -0.4 is 0 Å². The molecule has 0 N–H and O–H groups in total. The molecule has 0 atom stereocenters. The van der Waals surface area contributed by atoms with E-state index in [2.05, 4.69) is 240 Å². The average molecular weight is 811 g/mol. The molecule has 11 aromatic carbocycles. The maximum Gasteiger partial charge on any atom is 0.0619 e. The molecule has 0 fully saturated rings. The number of hydrogen-bond acceptors (Lipinski definition) is 0. The lowest BCUT2D eigenvalue weighted by molar-refractivity contribution is 1.18. The summed E-state index contributed by atoms with van der Waals surface area (Å²) in [5.74, 6) is 0. The van der Waals surface area contributed by atoms with Crippen LogP contribution in [0.1, 0.15) is 0 Å². The van der Waals surface area contributed by atoms with Gasteiger partial charge < -0.3 is 9.13 Å². The highest BCUT2D eigenvalue weighted by Gasteiger charge is 2.22. The van der Waals surface area contributed by atoms with Gasteiger partial charge in [0.1, 0.15) is 0 Å². The number of nitrogens with zero attached hydrogens (tertiary/aromatic N) is 2. The van der Waals surface area contributed by atoms with Crippen LogP contribution in [-0.2, 0) is 0 Å². The molecule has 1 aliphatic rings. The zero-order valence-electron chi connectivity index (χ0n) is 34.8. The molecule has 296 valence electrons. The fourth-order valence-corrected chi connectivity index (χ4v) is 10.9. The van der Waals surface area contributed by atoms with Crippen molar-refractivity contribution in [2.24, 2.45) is 0 Å². The standard InChI is InChI=1S/C62H38N2/c1-2-13-47(14-3-1)64-60-38-46(29-34-53(60)56-35-26-42-10-4-5-15-49(42)62(56)64)45-28-33-52-51-16-6-7-19-58(51)63(59(52)37-45)48-30-24-40(25-31-48)39-20-22-41(23-21-39)44-27-32-50-54-17-8-11-43-12-9-18-55(61(43)54)57(50)36-44/h1-38H. The van der Waals surface area contributed by atoms with Crippen molar-refractivity contribution in [2.45, 2.75) is 0 Å². The van der Waals surface area contributed by atoms with Gasteiger partial charge in [0.05, 0.1) is 22.1 Å². The molecule has 64 heavy (non-hydrogen) atoms. The zero-order chi connectivity index (χ0) is 41.9. The van der Waals surface area contributed by atoms with E-state index >= 15 is 0 Å². The number of hydrogen-bond donors (Lipinski definition) is 0. The van der Waals surface area contributed by atoms with Crippen LogP contribution in [0.3, 0.4) is 0 Å². The molecule has 0 spiro atoms. The molecule has 0 radical (unpaired) electrons. The predicted molar refractivity (Wildman–Crippen MR) is 271 cm³/mol. The molecule has 2 aromatic heterocycles. The van der Waals surface area contributed by atoms with Gasteiger partial charge in [0.25, 0.3) is 0 Å². The highest BCUT2D eigenvalue weighted by Crippen LogP contribution is 2.48. The van der Waals surface area contributed by atoms with Crippen LogP contribution in [0.4, 0.5) is 0 Å². The lowest BCUT2D eigenvalue weighted by atomic mass is 9.96. The van der Waals surface area contributed by atoms with Gasteiger partial charge in [-0.05, 0) is 120 Å². The van der Waals surface area contributed by atoms with Crippen LogP contribution in [0, 0.1) is 0 Å². The first kappa shape index (κ1) is 35.2. The normalized spacial score (nSPS) is 12.1. The largest absolute Gasteiger partial charge is 0.309 e. The van der Waals surface area contributed by atoms with Gasteiger partial charge in [0.2, 0.25) is 0 Å². The molecule has 0 saturated carbocycles. The molecule has 2 heteroatoms. The van der Waals surface area contributed by atoms with Crippen LogP contribution in [0.2, 0.25) is 0 Å². The summed E-state index contributed by atoms with van der Waals surface area (Å²) in [5.41, 5.74) is 19.7. The van der Waals surface area contributed by atoms with Gasteiger partial charge in [-0.15, -0.1) is 0 Å². The fourth-order valence-electron chi connectivity index (χ4n) is 10.9. The first-order chi connectivity index (χ1) is 31.7. The van der Waals surface area contributed by atoms with E-state index in [-0.39, 0.29) is 0 Å². The topological polar surface area (TPSA) is 9.86 Å². The Labute approximate surface area is 370 Å². The summed E-state index contributed by atoms with van der Waals surface area (Å²) in [5, 5.41) is 10.2. The van der Waals surface area contributed by atoms with Crippen molar-refractivity contribution in [3.63, 3.8) is 0 Å². The van der Waals surface area contributed by atoms with Gasteiger partial charge in [-0.25, -0.2) is 0 Å². The van der Waals surface area contributed by atoms with Crippen molar-refractivity contribution in [3.05, 3.63) is 231 Å². The first-order valence-corrected chi connectivity index (χ1v) is 22.2. The van der Waals surface area contributed by atoms with Crippen LogP contribution in [0.15, 0.2) is 231 Å². The lowest BCUT2D eigenvalue weighted by Crippen LogP contribution is -1.95. The Kier molecular flexibility index (Phi) is 7.43. The van der Waals surface area contributed by atoms with Crippen LogP contribution >= 0.6 is 0 Å². The van der Waals surface area contributed by atoms with Crippen LogP contribution in [0.5, 0.6) is 0 Å². The molecule has 13 aromatic rings. The summed E-state index contributed by atoms with van der Waals surface area (Å²) in [6.07, 6.45) is 0. The van der Waals surface area contributed by atoms with Crippen molar-refractivity contribution in [3.8, 4) is 67.0 Å². The number of para-hydroxylation sites is 2. The Morgan fingerprint density at radius 2 is 0.734 bits per heavy atom. The van der Waals surface area contributed by atoms with E-state index in [4.69, 9.17) is 0 Å². The van der Waals surface area contributed by atoms with E-state index in [0.29, 0.717) is 0 Å². The number of rotatable bonds is 5. The molecule has 0 aliphatic heterocycles. The maximum atomic E-state index is 2.45. The summed E-state index contributed by atoms with van der Waals surface area (Å²) in [7, 11) is 0. The van der Waals surface area contributed by atoms with Gasteiger partial charge in [-0.3, -0.25) is 0 Å². The molecular formula is C62H38N2. The van der Waals surface area contributed by atoms with Gasteiger partial charge in [0.15, 0.2) is 0 Å². The van der Waals surface area contributed by atoms with E-state index in [1.807, 2.05) is 0 Å². The number of aromatic nitrogens is 2. The van der Waals surface area contributed by atoms with Gasteiger partial charge >= 0.3 is 0 Å². The second-order valence-corrected chi connectivity index (χ2v) is 17.3. The smallest absolute Gasteiger partial charge is 0.0619 e. The monoisotopic (exact) mass is 810 g/mol. The van der Waals surface area contributed by atoms with E-state index in [1.165, 1.54) is 121 Å². The second-order valence-electron chi connectivity index (χ2n) is 17.3. The third kappa shape index (κ3) is 5.14. The molecule has 1 aliphatic carbocycles. The predicted octanol–water partition coefficient (Wildman–Crippen LogP) is 16.8. The molecule has 14 rings (SSSR count). The average Bonchev–Trinajstić information content (AvgIpc) is 4.00. The highest BCUT2D eigenvalue weighted by molar-refractivity contribution is 6.19. The Morgan fingerprint density at radius 1 is 0.234 bits per heavy atom. The molecule has 0 saturated heterocycles. The Bertz CT molecular complexity index is 4030. The highest BCUT2D eigenvalue weighted by atomic mass is 15.0. The van der Waals surface area contributed by atoms with Crippen molar-refractivity contribution in [2.75, 3.05) is 0 Å². The SMILES string of the molecule is c1ccc(-n2c3cc(-c4ccc5c6ccccc6n(-c6ccc(-c7ccc(-c8ccc9c(c8)-c8cccc%10cccc-9c8%10)cc7)cc6)c5c4)ccc3c3ccc4ccccc4c32)cc1. The summed E-state index contributed by atoms with van der Waals surface area (Å²) in [4.78, 5) is 0. The maximum absolute atomic E-state index is 2.45. The molecule has 2 heterocycles. The lowest BCUT2D eigenvalue weighted by Gasteiger charge is -2.12. The minimum Gasteiger partial charge on any atom is -0.309 e. The van der Waals surface area contributed by atoms with Gasteiger partial charge in [0, 0.05) is 38.3 Å². The zero-order valence-corrected chi connectivity index (χ0v) is 34.8. The fraction of sp³-hybridized carbons (Fsp3) is 0. The Morgan fingerprint density at radius 3 is 1.48 bits per heavy atom. The molecule has 0 amide bonds. The van der Waals surface area contributed by atoms with E-state index in [0.717, 1.165) is 11.4 Å². The van der Waals surface area contributed by atoms with Gasteiger partial charge in [-0.1, -0.05) is 182 Å². The Hall–Kier alpha value is -8.46. The molecule has 0 unspecified atom stereocenters. The van der Waals surface area contributed by atoms with E-state index in [9.17, 15) is 0 Å². The van der Waals surface area contributed by atoms with E-state index < -0.39 is 0 Å². The van der Waals surface area contributed by atoms with Gasteiger partial charge in [-0.2, -0.15) is 0 Å². The third-order valence-electron chi connectivity index (χ3n) is 13.9. The quantitative estimate of drug-likeness (QED) is 0.164.